The molecule has 1 unspecified atom stereocenters. The molecule has 0 saturated carbocycles. The molecule has 5 nitrogen and oxygen atoms in total. The summed E-state index contributed by atoms with van der Waals surface area (Å²) in [5.41, 5.74) is -1.33. The van der Waals surface area contributed by atoms with Gasteiger partial charge in [0, 0.05) is 6.26 Å². The smallest absolute Gasteiger partial charge is 0.337 e. The number of cyclic esters (lactones) is 1. The Morgan fingerprint density at radius 2 is 1.56 bits per heavy atom. The summed E-state index contributed by atoms with van der Waals surface area (Å²) in [4.78, 5) is 12.1. The number of sulfone groups is 1. The highest BCUT2D eigenvalue weighted by molar-refractivity contribution is 7.90. The predicted octanol–water partition coefficient (Wildman–Crippen LogP) is 1.95. The predicted molar refractivity (Wildman–Crippen MR) is 88.0 cm³/mol. The van der Waals surface area contributed by atoms with Crippen molar-refractivity contribution in [2.24, 2.45) is 0 Å². The summed E-state index contributed by atoms with van der Waals surface area (Å²) >= 11 is 0. The Kier molecular flexibility index (Phi) is 4.22. The van der Waals surface area contributed by atoms with E-state index in [1.165, 1.54) is 54.6 Å². The van der Waals surface area contributed by atoms with Gasteiger partial charge in [0.15, 0.2) is 9.84 Å². The van der Waals surface area contributed by atoms with Crippen molar-refractivity contribution >= 4 is 15.8 Å². The monoisotopic (exact) mass is 362 g/mol. The first-order valence-electron chi connectivity index (χ1n) is 7.39. The highest BCUT2D eigenvalue weighted by Crippen LogP contribution is 2.39. The topological polar surface area (TPSA) is 80.7 Å². The SMILES string of the molecule is CS(=O)(=O)c1ccc(C(O)(C2=CCOC2=O)c2ccc(F)cc2)cc1. The van der Waals surface area contributed by atoms with Crippen LogP contribution in [0, 0.1) is 5.82 Å². The van der Waals surface area contributed by atoms with E-state index in [0.29, 0.717) is 0 Å². The number of halogens is 1. The molecule has 25 heavy (non-hydrogen) atoms. The van der Waals surface area contributed by atoms with Crippen LogP contribution in [0.2, 0.25) is 0 Å². The van der Waals surface area contributed by atoms with Gasteiger partial charge in [-0.15, -0.1) is 0 Å². The zero-order valence-electron chi connectivity index (χ0n) is 13.3. The number of rotatable bonds is 4. The Bertz CT molecular complexity index is 946. The lowest BCUT2D eigenvalue weighted by Gasteiger charge is -2.29. The summed E-state index contributed by atoms with van der Waals surface area (Å²) in [6, 6.07) is 10.6. The van der Waals surface area contributed by atoms with Crippen molar-refractivity contribution in [3.8, 4) is 0 Å². The number of esters is 1. The number of benzene rings is 2. The second-order valence-corrected chi connectivity index (χ2v) is 7.75. The third kappa shape index (κ3) is 3.08. The van der Waals surface area contributed by atoms with Gasteiger partial charge in [-0.25, -0.2) is 17.6 Å². The third-order valence-electron chi connectivity index (χ3n) is 4.07. The molecular weight excluding hydrogens is 347 g/mol. The van der Waals surface area contributed by atoms with Crippen LogP contribution >= 0.6 is 0 Å². The molecule has 7 heteroatoms. The minimum atomic E-state index is -3.40. The minimum Gasteiger partial charge on any atom is -0.458 e. The van der Waals surface area contributed by atoms with Gasteiger partial charge in [-0.3, -0.25) is 0 Å². The highest BCUT2D eigenvalue weighted by Gasteiger charge is 2.42. The van der Waals surface area contributed by atoms with Crippen molar-refractivity contribution < 1.29 is 27.4 Å². The molecule has 1 N–H and O–H groups in total. The van der Waals surface area contributed by atoms with E-state index in [0.717, 1.165) is 6.26 Å². The molecule has 2 aromatic rings. The molecular formula is C18H15FO5S. The first-order valence-corrected chi connectivity index (χ1v) is 9.29. The van der Waals surface area contributed by atoms with Crippen LogP contribution in [0.15, 0.2) is 65.1 Å². The Hall–Kier alpha value is -2.51. The molecule has 0 saturated heterocycles. The van der Waals surface area contributed by atoms with Crippen LogP contribution in [0.4, 0.5) is 4.39 Å². The number of hydrogen-bond acceptors (Lipinski definition) is 5. The summed E-state index contributed by atoms with van der Waals surface area (Å²) in [5, 5.41) is 11.4. The standard InChI is InChI=1S/C18H15FO5S/c1-25(22,23)15-8-4-13(5-9-15)18(21,16-10-11-24-17(16)20)12-2-6-14(19)7-3-12/h2-10,21H,11H2,1H3. The van der Waals surface area contributed by atoms with E-state index in [1.807, 2.05) is 0 Å². The van der Waals surface area contributed by atoms with Gasteiger partial charge < -0.3 is 9.84 Å². The molecule has 1 atom stereocenters. The molecule has 3 rings (SSSR count). The first kappa shape index (κ1) is 17.3. The average Bonchev–Trinajstić information content (AvgIpc) is 3.01. The normalized spacial score (nSPS) is 16.9. The fraction of sp³-hybridized carbons (Fsp3) is 0.167. The lowest BCUT2D eigenvalue weighted by molar-refractivity contribution is -0.137. The van der Waals surface area contributed by atoms with Gasteiger partial charge in [-0.2, -0.15) is 0 Å². The molecule has 2 aromatic carbocycles. The van der Waals surface area contributed by atoms with E-state index in [1.54, 1.807) is 0 Å². The average molecular weight is 362 g/mol. The molecule has 1 aliphatic heterocycles. The molecule has 1 heterocycles. The van der Waals surface area contributed by atoms with Crippen LogP contribution in [-0.4, -0.2) is 32.4 Å². The second-order valence-electron chi connectivity index (χ2n) is 5.73. The quantitative estimate of drug-likeness (QED) is 0.841. The summed E-state index contributed by atoms with van der Waals surface area (Å²) < 4.78 is 41.4. The molecule has 0 spiro atoms. The molecule has 0 bridgehead atoms. The van der Waals surface area contributed by atoms with Crippen molar-refractivity contribution in [2.45, 2.75) is 10.5 Å². The minimum absolute atomic E-state index is 0.00575. The maximum absolute atomic E-state index is 13.3. The Morgan fingerprint density at radius 3 is 2.00 bits per heavy atom. The number of carbonyl (C=O) groups is 1. The third-order valence-corrected chi connectivity index (χ3v) is 5.20. The van der Waals surface area contributed by atoms with Gasteiger partial charge in [0.2, 0.25) is 0 Å². The second kappa shape index (κ2) is 6.09. The Balaban J connectivity index is 2.18. The lowest BCUT2D eigenvalue weighted by Crippen LogP contribution is -2.32. The van der Waals surface area contributed by atoms with E-state index in [9.17, 15) is 22.7 Å². The summed E-state index contributed by atoms with van der Waals surface area (Å²) in [7, 11) is -3.40. The lowest BCUT2D eigenvalue weighted by atomic mass is 9.80. The van der Waals surface area contributed by atoms with Crippen LogP contribution < -0.4 is 0 Å². The van der Waals surface area contributed by atoms with Crippen LogP contribution in [0.5, 0.6) is 0 Å². The molecule has 0 fully saturated rings. The van der Waals surface area contributed by atoms with E-state index in [-0.39, 0.29) is 28.2 Å². The molecule has 0 radical (unpaired) electrons. The summed E-state index contributed by atoms with van der Waals surface area (Å²) in [6.45, 7) is 0.0269. The van der Waals surface area contributed by atoms with Crippen LogP contribution in [-0.2, 0) is 25.0 Å². The van der Waals surface area contributed by atoms with Gasteiger partial charge in [0.1, 0.15) is 18.0 Å². The summed E-state index contributed by atoms with van der Waals surface area (Å²) in [6.07, 6.45) is 2.53. The van der Waals surface area contributed by atoms with Crippen molar-refractivity contribution in [3.63, 3.8) is 0 Å². The zero-order chi connectivity index (χ0) is 18.2. The Labute approximate surface area is 144 Å². The summed E-state index contributed by atoms with van der Waals surface area (Å²) in [5.74, 6) is -1.17. The van der Waals surface area contributed by atoms with Gasteiger partial charge in [0.05, 0.1) is 10.5 Å². The van der Waals surface area contributed by atoms with Crippen LogP contribution in [0.3, 0.4) is 0 Å². The maximum atomic E-state index is 13.3. The van der Waals surface area contributed by atoms with Gasteiger partial charge >= 0.3 is 5.97 Å². The molecule has 0 aliphatic carbocycles. The molecule has 130 valence electrons. The van der Waals surface area contributed by atoms with E-state index in [2.05, 4.69) is 0 Å². The number of ether oxygens (including phenoxy) is 1. The number of hydrogen-bond donors (Lipinski definition) is 1. The number of carbonyl (C=O) groups excluding carboxylic acids is 1. The van der Waals surface area contributed by atoms with Crippen LogP contribution in [0.1, 0.15) is 11.1 Å². The van der Waals surface area contributed by atoms with Crippen molar-refractivity contribution in [2.75, 3.05) is 12.9 Å². The fourth-order valence-electron chi connectivity index (χ4n) is 2.77. The van der Waals surface area contributed by atoms with E-state index < -0.39 is 27.2 Å². The zero-order valence-corrected chi connectivity index (χ0v) is 14.1. The first-order chi connectivity index (χ1) is 11.7. The van der Waals surface area contributed by atoms with Gasteiger partial charge in [-0.05, 0) is 41.5 Å². The Morgan fingerprint density at radius 1 is 1.04 bits per heavy atom. The van der Waals surface area contributed by atoms with Crippen molar-refractivity contribution in [1.29, 1.82) is 0 Å². The molecule has 0 aromatic heterocycles. The molecule has 1 aliphatic rings. The maximum Gasteiger partial charge on any atom is 0.337 e. The number of aliphatic hydroxyl groups is 1. The van der Waals surface area contributed by atoms with Crippen molar-refractivity contribution in [3.05, 3.63) is 77.1 Å². The van der Waals surface area contributed by atoms with E-state index in [4.69, 9.17) is 4.74 Å². The van der Waals surface area contributed by atoms with Gasteiger partial charge in [-0.1, -0.05) is 24.3 Å². The van der Waals surface area contributed by atoms with Gasteiger partial charge in [0.25, 0.3) is 0 Å². The molecule has 0 amide bonds. The van der Waals surface area contributed by atoms with E-state index >= 15 is 0 Å². The fourth-order valence-corrected chi connectivity index (χ4v) is 3.40. The van der Waals surface area contributed by atoms with Crippen molar-refractivity contribution in [1.82, 2.24) is 0 Å². The highest BCUT2D eigenvalue weighted by atomic mass is 32.2. The van der Waals surface area contributed by atoms with Crippen LogP contribution in [0.25, 0.3) is 0 Å². The largest absolute Gasteiger partial charge is 0.458 e.